The number of carbonyl (C=O) groups is 2. The van der Waals surface area contributed by atoms with Gasteiger partial charge in [0.15, 0.2) is 0 Å². The summed E-state index contributed by atoms with van der Waals surface area (Å²) in [6, 6.07) is 19.3. The van der Waals surface area contributed by atoms with Gasteiger partial charge in [0.05, 0.1) is 12.7 Å². The molecule has 0 atom stereocenters. The molecule has 2 aromatic carbocycles. The van der Waals surface area contributed by atoms with Crippen LogP contribution in [0.1, 0.15) is 39.1 Å². The minimum absolute atomic E-state index is 0.142. The summed E-state index contributed by atoms with van der Waals surface area (Å²) in [7, 11) is 1.39. The maximum Gasteiger partial charge on any atom is 0.337 e. The highest BCUT2D eigenvalue weighted by atomic mass is 16.5. The number of nitrogens with zero attached hydrogens (tertiary/aromatic N) is 2. The van der Waals surface area contributed by atoms with Gasteiger partial charge in [-0.25, -0.2) is 4.79 Å². The SMILES string of the molecule is COC(=O)c1ccc(CNC2CCN(c3cccc(NC(=O)c4ccncc4)c3)CC2)cc1. The summed E-state index contributed by atoms with van der Waals surface area (Å²) in [5, 5.41) is 6.59. The second-order valence-corrected chi connectivity index (χ2v) is 8.07. The number of hydrogen-bond donors (Lipinski definition) is 2. The molecule has 1 aromatic heterocycles. The summed E-state index contributed by atoms with van der Waals surface area (Å²) in [5.41, 5.74) is 4.18. The van der Waals surface area contributed by atoms with Gasteiger partial charge in [-0.05, 0) is 60.9 Å². The minimum atomic E-state index is -0.317. The average Bonchev–Trinajstić information content (AvgIpc) is 2.88. The van der Waals surface area contributed by atoms with Crippen molar-refractivity contribution in [2.24, 2.45) is 0 Å². The summed E-state index contributed by atoms with van der Waals surface area (Å²) in [6.45, 7) is 2.66. The first-order valence-corrected chi connectivity index (χ1v) is 11.1. The van der Waals surface area contributed by atoms with Gasteiger partial charge < -0.3 is 20.3 Å². The molecule has 1 fully saturated rings. The number of benzene rings is 2. The van der Waals surface area contributed by atoms with Gasteiger partial charge in [-0.2, -0.15) is 0 Å². The number of aromatic nitrogens is 1. The van der Waals surface area contributed by atoms with Crippen molar-refractivity contribution in [2.75, 3.05) is 30.4 Å². The summed E-state index contributed by atoms with van der Waals surface area (Å²) in [6.07, 6.45) is 5.30. The molecule has 4 rings (SSSR count). The van der Waals surface area contributed by atoms with Crippen LogP contribution in [0.5, 0.6) is 0 Å². The summed E-state index contributed by atoms with van der Waals surface area (Å²) in [5.74, 6) is -0.458. The van der Waals surface area contributed by atoms with Crippen molar-refractivity contribution in [2.45, 2.75) is 25.4 Å². The smallest absolute Gasteiger partial charge is 0.337 e. The molecular weight excluding hydrogens is 416 g/mol. The van der Waals surface area contributed by atoms with Crippen LogP contribution in [-0.2, 0) is 11.3 Å². The van der Waals surface area contributed by atoms with Gasteiger partial charge >= 0.3 is 5.97 Å². The number of hydrogen-bond acceptors (Lipinski definition) is 6. The number of nitrogens with one attached hydrogen (secondary N) is 2. The maximum atomic E-state index is 12.4. The Morgan fingerprint density at radius 2 is 1.73 bits per heavy atom. The molecule has 7 heteroatoms. The highest BCUT2D eigenvalue weighted by molar-refractivity contribution is 6.04. The first-order valence-electron chi connectivity index (χ1n) is 11.1. The predicted molar refractivity (Wildman–Crippen MR) is 128 cm³/mol. The van der Waals surface area contributed by atoms with Crippen LogP contribution in [0, 0.1) is 0 Å². The van der Waals surface area contributed by atoms with Crippen molar-refractivity contribution in [1.82, 2.24) is 10.3 Å². The van der Waals surface area contributed by atoms with Crippen LogP contribution in [0.2, 0.25) is 0 Å². The molecule has 1 aliphatic rings. The number of methoxy groups -OCH3 is 1. The van der Waals surface area contributed by atoms with Crippen LogP contribution >= 0.6 is 0 Å². The molecule has 0 aliphatic carbocycles. The van der Waals surface area contributed by atoms with E-state index in [-0.39, 0.29) is 11.9 Å². The molecular formula is C26H28N4O3. The van der Waals surface area contributed by atoms with Crippen molar-refractivity contribution in [1.29, 1.82) is 0 Å². The first kappa shape index (κ1) is 22.5. The van der Waals surface area contributed by atoms with E-state index in [0.29, 0.717) is 17.2 Å². The summed E-state index contributed by atoms with van der Waals surface area (Å²) in [4.78, 5) is 30.3. The van der Waals surface area contributed by atoms with Gasteiger partial charge in [0.25, 0.3) is 5.91 Å². The molecule has 1 aliphatic heterocycles. The lowest BCUT2D eigenvalue weighted by atomic mass is 10.0. The molecule has 0 bridgehead atoms. The van der Waals surface area contributed by atoms with E-state index in [2.05, 4.69) is 26.6 Å². The van der Waals surface area contributed by atoms with Crippen molar-refractivity contribution in [3.63, 3.8) is 0 Å². The van der Waals surface area contributed by atoms with Gasteiger partial charge in [-0.3, -0.25) is 9.78 Å². The van der Waals surface area contributed by atoms with E-state index in [1.807, 2.05) is 30.3 Å². The van der Waals surface area contributed by atoms with Gasteiger partial charge in [-0.1, -0.05) is 18.2 Å². The number of anilines is 2. The Kier molecular flexibility index (Phi) is 7.32. The van der Waals surface area contributed by atoms with E-state index >= 15 is 0 Å². The Morgan fingerprint density at radius 1 is 1.00 bits per heavy atom. The Hall–Kier alpha value is -3.71. The molecule has 1 amide bonds. The Morgan fingerprint density at radius 3 is 2.42 bits per heavy atom. The molecule has 33 heavy (non-hydrogen) atoms. The summed E-state index contributed by atoms with van der Waals surface area (Å²) >= 11 is 0. The number of piperidine rings is 1. The van der Waals surface area contributed by atoms with Gasteiger partial charge in [-0.15, -0.1) is 0 Å². The van der Waals surface area contributed by atoms with E-state index in [0.717, 1.165) is 49.4 Å². The Bertz CT molecular complexity index is 1080. The lowest BCUT2D eigenvalue weighted by Crippen LogP contribution is -2.42. The number of pyridine rings is 1. The van der Waals surface area contributed by atoms with Crippen LogP contribution < -0.4 is 15.5 Å². The van der Waals surface area contributed by atoms with E-state index in [1.165, 1.54) is 7.11 Å². The normalized spacial score (nSPS) is 14.0. The molecule has 0 saturated carbocycles. The molecule has 2 heterocycles. The third-order valence-electron chi connectivity index (χ3n) is 5.88. The lowest BCUT2D eigenvalue weighted by Gasteiger charge is -2.34. The zero-order chi connectivity index (χ0) is 23.0. The molecule has 170 valence electrons. The zero-order valence-electron chi connectivity index (χ0n) is 18.7. The van der Waals surface area contributed by atoms with Gasteiger partial charge in [0, 0.05) is 55.0 Å². The number of carbonyl (C=O) groups excluding carboxylic acids is 2. The highest BCUT2D eigenvalue weighted by Crippen LogP contribution is 2.24. The van der Waals surface area contributed by atoms with E-state index < -0.39 is 0 Å². The van der Waals surface area contributed by atoms with Gasteiger partial charge in [0.1, 0.15) is 0 Å². The predicted octanol–water partition coefficient (Wildman–Crippen LogP) is 3.88. The number of rotatable bonds is 7. The second-order valence-electron chi connectivity index (χ2n) is 8.07. The van der Waals surface area contributed by atoms with E-state index in [4.69, 9.17) is 4.74 Å². The fourth-order valence-corrected chi connectivity index (χ4v) is 3.97. The molecule has 0 radical (unpaired) electrons. The number of ether oxygens (including phenoxy) is 1. The highest BCUT2D eigenvalue weighted by Gasteiger charge is 2.19. The molecule has 7 nitrogen and oxygen atoms in total. The van der Waals surface area contributed by atoms with Crippen LogP contribution in [0.3, 0.4) is 0 Å². The molecule has 3 aromatic rings. The fourth-order valence-electron chi connectivity index (χ4n) is 3.97. The topological polar surface area (TPSA) is 83.6 Å². The molecule has 0 spiro atoms. The quantitative estimate of drug-likeness (QED) is 0.538. The van der Waals surface area contributed by atoms with Crippen molar-refractivity contribution in [3.05, 3.63) is 89.7 Å². The first-order chi connectivity index (χ1) is 16.1. The summed E-state index contributed by atoms with van der Waals surface area (Å²) < 4.78 is 4.74. The van der Waals surface area contributed by atoms with E-state index in [1.54, 1.807) is 36.7 Å². The third-order valence-corrected chi connectivity index (χ3v) is 5.88. The standard InChI is InChI=1S/C26H28N4O3/c1-33-26(32)21-7-5-19(6-8-21)18-28-22-11-15-30(16-12-22)24-4-2-3-23(17-24)29-25(31)20-9-13-27-14-10-20/h2-10,13-14,17,22,28H,11-12,15-16,18H2,1H3,(H,29,31). The number of esters is 1. The largest absolute Gasteiger partial charge is 0.465 e. The Balaban J connectivity index is 1.27. The van der Waals surface area contributed by atoms with Crippen LogP contribution in [0.25, 0.3) is 0 Å². The maximum absolute atomic E-state index is 12.4. The fraction of sp³-hybridized carbons (Fsp3) is 0.269. The Labute approximate surface area is 193 Å². The average molecular weight is 445 g/mol. The minimum Gasteiger partial charge on any atom is -0.465 e. The molecule has 2 N–H and O–H groups in total. The van der Waals surface area contributed by atoms with Gasteiger partial charge in [0.2, 0.25) is 0 Å². The van der Waals surface area contributed by atoms with Crippen LogP contribution in [-0.4, -0.2) is 43.1 Å². The van der Waals surface area contributed by atoms with Crippen LogP contribution in [0.4, 0.5) is 11.4 Å². The van der Waals surface area contributed by atoms with Crippen molar-refractivity contribution in [3.8, 4) is 0 Å². The number of amides is 1. The zero-order valence-corrected chi connectivity index (χ0v) is 18.7. The van der Waals surface area contributed by atoms with Crippen molar-refractivity contribution < 1.29 is 14.3 Å². The monoisotopic (exact) mass is 444 g/mol. The second kappa shape index (κ2) is 10.7. The third kappa shape index (κ3) is 5.96. The van der Waals surface area contributed by atoms with Crippen molar-refractivity contribution >= 4 is 23.3 Å². The molecule has 1 saturated heterocycles. The van der Waals surface area contributed by atoms with E-state index in [9.17, 15) is 9.59 Å². The lowest BCUT2D eigenvalue weighted by molar-refractivity contribution is 0.0600. The van der Waals surface area contributed by atoms with Crippen LogP contribution in [0.15, 0.2) is 73.1 Å². The molecule has 0 unspecified atom stereocenters.